The number of ether oxygens (including phenoxy) is 2. The van der Waals surface area contributed by atoms with Gasteiger partial charge in [-0.1, -0.05) is 18.2 Å². The van der Waals surface area contributed by atoms with Gasteiger partial charge >= 0.3 is 5.97 Å². The fourth-order valence-electron chi connectivity index (χ4n) is 1.73. The lowest BCUT2D eigenvalue weighted by atomic mass is 10.2. The van der Waals surface area contributed by atoms with Crippen molar-refractivity contribution in [1.82, 2.24) is 0 Å². The van der Waals surface area contributed by atoms with Crippen molar-refractivity contribution in [3.05, 3.63) is 54.6 Å². The van der Waals surface area contributed by atoms with Crippen LogP contribution in [0.25, 0.3) is 0 Å². The molecule has 0 aliphatic rings. The summed E-state index contributed by atoms with van der Waals surface area (Å²) in [6, 6.07) is 16.6. The first-order valence-electron chi connectivity index (χ1n) is 6.35. The molecule has 2 rings (SSSR count). The van der Waals surface area contributed by atoms with Crippen molar-refractivity contribution in [3.8, 4) is 17.2 Å². The molecule has 0 aliphatic carbocycles. The van der Waals surface area contributed by atoms with E-state index in [0.29, 0.717) is 11.5 Å². The second-order valence-electron chi connectivity index (χ2n) is 4.41. The van der Waals surface area contributed by atoms with E-state index >= 15 is 0 Å². The Labute approximate surface area is 117 Å². The van der Waals surface area contributed by atoms with E-state index in [1.54, 1.807) is 31.2 Å². The number of hydrogen-bond acceptors (Lipinski definition) is 3. The average molecular weight is 272 g/mol. The van der Waals surface area contributed by atoms with E-state index in [2.05, 4.69) is 0 Å². The molecule has 0 radical (unpaired) electrons. The number of hydrogen-bond donors (Lipinski definition) is 1. The molecule has 2 aromatic carbocycles. The number of carboxylic acid groups (broad SMARTS) is 1. The van der Waals surface area contributed by atoms with Crippen LogP contribution in [-0.2, 0) is 4.79 Å². The second-order valence-corrected chi connectivity index (χ2v) is 4.41. The number of para-hydroxylation sites is 1. The highest BCUT2D eigenvalue weighted by atomic mass is 16.5. The summed E-state index contributed by atoms with van der Waals surface area (Å²) >= 11 is 0. The highest BCUT2D eigenvalue weighted by Gasteiger charge is 2.09. The molecule has 1 atom stereocenters. The maximum atomic E-state index is 10.6. The zero-order chi connectivity index (χ0) is 14.4. The van der Waals surface area contributed by atoms with Crippen molar-refractivity contribution in [3.63, 3.8) is 0 Å². The highest BCUT2D eigenvalue weighted by Crippen LogP contribution is 2.24. The first-order chi connectivity index (χ1) is 9.63. The van der Waals surface area contributed by atoms with Gasteiger partial charge in [-0.15, -0.1) is 0 Å². The van der Waals surface area contributed by atoms with E-state index in [4.69, 9.17) is 14.6 Å². The minimum Gasteiger partial charge on any atom is -0.490 e. The number of carboxylic acids is 1. The van der Waals surface area contributed by atoms with Crippen LogP contribution >= 0.6 is 0 Å². The first kappa shape index (κ1) is 13.9. The van der Waals surface area contributed by atoms with Gasteiger partial charge in [0.15, 0.2) is 0 Å². The Balaban J connectivity index is 1.94. The molecule has 0 unspecified atom stereocenters. The predicted molar refractivity (Wildman–Crippen MR) is 75.3 cm³/mol. The van der Waals surface area contributed by atoms with Crippen LogP contribution in [0.15, 0.2) is 54.6 Å². The summed E-state index contributed by atoms with van der Waals surface area (Å²) < 4.78 is 11.1. The van der Waals surface area contributed by atoms with Crippen LogP contribution in [-0.4, -0.2) is 17.2 Å². The standard InChI is InChI=1S/C16H16O4/c1-12(11-16(17)18)19-14-7-9-15(10-8-14)20-13-5-3-2-4-6-13/h2-10,12H,11H2,1H3,(H,17,18)/t12-/m0/s1. The molecule has 0 amide bonds. The van der Waals surface area contributed by atoms with Crippen molar-refractivity contribution in [2.24, 2.45) is 0 Å². The Hall–Kier alpha value is -2.49. The molecular formula is C16H16O4. The quantitative estimate of drug-likeness (QED) is 0.870. The molecule has 0 saturated carbocycles. The van der Waals surface area contributed by atoms with Gasteiger partial charge in [0, 0.05) is 0 Å². The van der Waals surface area contributed by atoms with Gasteiger partial charge in [0.25, 0.3) is 0 Å². The van der Waals surface area contributed by atoms with Crippen molar-refractivity contribution in [1.29, 1.82) is 0 Å². The van der Waals surface area contributed by atoms with Crippen LogP contribution in [0.2, 0.25) is 0 Å². The Kier molecular flexibility index (Phi) is 4.60. The second kappa shape index (κ2) is 6.61. The molecule has 0 fully saturated rings. The van der Waals surface area contributed by atoms with Gasteiger partial charge in [-0.25, -0.2) is 0 Å². The van der Waals surface area contributed by atoms with Crippen molar-refractivity contribution >= 4 is 5.97 Å². The molecule has 0 aromatic heterocycles. The van der Waals surface area contributed by atoms with Crippen LogP contribution in [0.1, 0.15) is 13.3 Å². The van der Waals surface area contributed by atoms with Crippen molar-refractivity contribution in [2.45, 2.75) is 19.4 Å². The van der Waals surface area contributed by atoms with Crippen molar-refractivity contribution in [2.75, 3.05) is 0 Å². The van der Waals surface area contributed by atoms with Gasteiger partial charge in [0.05, 0.1) is 6.42 Å². The van der Waals surface area contributed by atoms with Crippen molar-refractivity contribution < 1.29 is 19.4 Å². The van der Waals surface area contributed by atoms with Crippen LogP contribution in [0.5, 0.6) is 17.2 Å². The van der Waals surface area contributed by atoms with Crippen LogP contribution in [0.3, 0.4) is 0 Å². The van der Waals surface area contributed by atoms with E-state index in [-0.39, 0.29) is 12.5 Å². The van der Waals surface area contributed by atoms with Gasteiger partial charge in [-0.05, 0) is 43.3 Å². The number of carbonyl (C=O) groups is 1. The topological polar surface area (TPSA) is 55.8 Å². The Morgan fingerprint density at radius 3 is 2.15 bits per heavy atom. The fourth-order valence-corrected chi connectivity index (χ4v) is 1.73. The largest absolute Gasteiger partial charge is 0.490 e. The summed E-state index contributed by atoms with van der Waals surface area (Å²) in [6.07, 6.45) is -0.393. The van der Waals surface area contributed by atoms with Gasteiger partial charge < -0.3 is 14.6 Å². The van der Waals surface area contributed by atoms with Crippen LogP contribution in [0.4, 0.5) is 0 Å². The molecule has 20 heavy (non-hydrogen) atoms. The minimum atomic E-state index is -0.874. The fraction of sp³-hybridized carbons (Fsp3) is 0.188. The van der Waals surface area contributed by atoms with Gasteiger partial charge in [-0.2, -0.15) is 0 Å². The third-order valence-electron chi connectivity index (χ3n) is 2.60. The SMILES string of the molecule is C[C@@H](CC(=O)O)Oc1ccc(Oc2ccccc2)cc1. The van der Waals surface area contributed by atoms with Crippen LogP contribution < -0.4 is 9.47 Å². The summed E-state index contributed by atoms with van der Waals surface area (Å²) in [4.78, 5) is 10.6. The Morgan fingerprint density at radius 2 is 1.55 bits per heavy atom. The van der Waals surface area contributed by atoms with E-state index in [1.807, 2.05) is 30.3 Å². The van der Waals surface area contributed by atoms with Gasteiger partial charge in [-0.3, -0.25) is 4.79 Å². The monoisotopic (exact) mass is 272 g/mol. The predicted octanol–water partition coefficient (Wildman–Crippen LogP) is 3.72. The third kappa shape index (κ3) is 4.31. The summed E-state index contributed by atoms with van der Waals surface area (Å²) in [7, 11) is 0. The molecule has 0 heterocycles. The molecule has 0 saturated heterocycles. The minimum absolute atomic E-state index is 0.0255. The number of rotatable bonds is 6. The van der Waals surface area contributed by atoms with Gasteiger partial charge in [0.1, 0.15) is 23.4 Å². The number of benzene rings is 2. The maximum absolute atomic E-state index is 10.6. The molecule has 1 N–H and O–H groups in total. The Bertz CT molecular complexity index is 548. The number of aliphatic carboxylic acids is 1. The van der Waals surface area contributed by atoms with E-state index in [1.165, 1.54) is 0 Å². The molecular weight excluding hydrogens is 256 g/mol. The zero-order valence-corrected chi connectivity index (χ0v) is 11.2. The van der Waals surface area contributed by atoms with E-state index in [9.17, 15) is 4.79 Å². The normalized spacial score (nSPS) is 11.7. The van der Waals surface area contributed by atoms with E-state index < -0.39 is 5.97 Å². The van der Waals surface area contributed by atoms with Crippen LogP contribution in [0, 0.1) is 0 Å². The summed E-state index contributed by atoms with van der Waals surface area (Å²) in [5, 5.41) is 8.67. The summed E-state index contributed by atoms with van der Waals surface area (Å²) in [5.74, 6) is 1.22. The lowest BCUT2D eigenvalue weighted by Gasteiger charge is -2.13. The van der Waals surface area contributed by atoms with E-state index in [0.717, 1.165) is 5.75 Å². The maximum Gasteiger partial charge on any atom is 0.307 e. The third-order valence-corrected chi connectivity index (χ3v) is 2.60. The molecule has 2 aromatic rings. The smallest absolute Gasteiger partial charge is 0.307 e. The molecule has 0 bridgehead atoms. The lowest BCUT2D eigenvalue weighted by molar-refractivity contribution is -0.138. The van der Waals surface area contributed by atoms with Gasteiger partial charge in [0.2, 0.25) is 0 Å². The molecule has 104 valence electrons. The zero-order valence-electron chi connectivity index (χ0n) is 11.2. The first-order valence-corrected chi connectivity index (χ1v) is 6.35. The molecule has 4 nitrogen and oxygen atoms in total. The average Bonchev–Trinajstić information content (AvgIpc) is 2.41. The summed E-state index contributed by atoms with van der Waals surface area (Å²) in [5.41, 5.74) is 0. The lowest BCUT2D eigenvalue weighted by Crippen LogP contribution is -2.16. The highest BCUT2D eigenvalue weighted by molar-refractivity contribution is 5.67. The summed E-state index contributed by atoms with van der Waals surface area (Å²) in [6.45, 7) is 1.72. The molecule has 0 spiro atoms. The Morgan fingerprint density at radius 1 is 1.00 bits per heavy atom. The molecule has 4 heteroatoms. The molecule has 0 aliphatic heterocycles.